The molecule has 1 N–H and O–H groups in total. The molecule has 0 aliphatic heterocycles. The van der Waals surface area contributed by atoms with Crippen LogP contribution in [0.25, 0.3) is 11.0 Å². The summed E-state index contributed by atoms with van der Waals surface area (Å²) in [6, 6.07) is 19.5. The number of methoxy groups -OCH3 is 1. The minimum absolute atomic E-state index is 0.0827. The van der Waals surface area contributed by atoms with Gasteiger partial charge in [-0.2, -0.15) is 5.26 Å². The van der Waals surface area contributed by atoms with Crippen LogP contribution in [0.5, 0.6) is 0 Å². The molecule has 0 amide bonds. The van der Waals surface area contributed by atoms with Crippen molar-refractivity contribution >= 4 is 17.0 Å². The number of para-hydroxylation sites is 2. The summed E-state index contributed by atoms with van der Waals surface area (Å²) in [5, 5.41) is 9.33. The maximum absolute atomic E-state index is 12.6. The Bertz CT molecular complexity index is 1350. The highest BCUT2D eigenvalue weighted by Gasteiger charge is 2.29. The van der Waals surface area contributed by atoms with Crippen LogP contribution in [0.4, 0.5) is 0 Å². The number of benzene rings is 2. The van der Waals surface area contributed by atoms with Crippen molar-refractivity contribution in [1.82, 2.24) is 19.9 Å². The lowest BCUT2D eigenvalue weighted by Crippen LogP contribution is -2.32. The number of imidazole rings is 1. The Labute approximate surface area is 198 Å². The van der Waals surface area contributed by atoms with Crippen molar-refractivity contribution in [3.63, 3.8) is 0 Å². The number of hydrogen-bond acceptors (Lipinski definition) is 6. The molecule has 7 heteroatoms. The van der Waals surface area contributed by atoms with Crippen LogP contribution in [0.1, 0.15) is 57.5 Å². The van der Waals surface area contributed by atoms with Gasteiger partial charge in [0.2, 0.25) is 0 Å². The lowest BCUT2D eigenvalue weighted by atomic mass is 9.90. The van der Waals surface area contributed by atoms with E-state index in [2.05, 4.69) is 22.0 Å². The summed E-state index contributed by atoms with van der Waals surface area (Å²) in [6.45, 7) is 1.06. The third-order valence-electron chi connectivity index (χ3n) is 6.42. The first-order chi connectivity index (χ1) is 16.7. The molecule has 5 rings (SSSR count). The highest BCUT2D eigenvalue weighted by molar-refractivity contribution is 5.91. The Morgan fingerprint density at radius 2 is 2.09 bits per heavy atom. The molecule has 2 heterocycles. The zero-order chi connectivity index (χ0) is 23.5. The van der Waals surface area contributed by atoms with Gasteiger partial charge in [-0.05, 0) is 60.7 Å². The Hall–Kier alpha value is -4.02. The van der Waals surface area contributed by atoms with Crippen LogP contribution >= 0.6 is 0 Å². The molecule has 34 heavy (non-hydrogen) atoms. The highest BCUT2D eigenvalue weighted by atomic mass is 16.5. The third kappa shape index (κ3) is 4.28. The van der Waals surface area contributed by atoms with E-state index >= 15 is 0 Å². The molecule has 0 bridgehead atoms. The molecule has 2 aromatic heterocycles. The van der Waals surface area contributed by atoms with Crippen LogP contribution in [0.3, 0.4) is 0 Å². The SMILES string of the molecule is COC(=O)c1cc(C#N)ccc1CN(Cc1nc2ccccc2[nH]1)C1CCCc2cccnc21. The smallest absolute Gasteiger partial charge is 0.338 e. The molecule has 1 unspecified atom stereocenters. The number of aromatic nitrogens is 3. The molecule has 0 saturated heterocycles. The van der Waals surface area contributed by atoms with Crippen LogP contribution in [-0.2, 0) is 24.2 Å². The Morgan fingerprint density at radius 3 is 2.91 bits per heavy atom. The fourth-order valence-electron chi connectivity index (χ4n) is 4.79. The Kier molecular flexibility index (Phi) is 6.07. The van der Waals surface area contributed by atoms with Crippen LogP contribution in [0.2, 0.25) is 0 Å². The van der Waals surface area contributed by atoms with Crippen molar-refractivity contribution in [3.8, 4) is 6.07 Å². The number of H-pyrrole nitrogens is 1. The van der Waals surface area contributed by atoms with Gasteiger partial charge in [0, 0.05) is 12.7 Å². The number of carbonyl (C=O) groups excluding carboxylic acids is 1. The van der Waals surface area contributed by atoms with Crippen LogP contribution in [-0.4, -0.2) is 32.9 Å². The molecule has 4 aromatic rings. The van der Waals surface area contributed by atoms with E-state index in [1.807, 2.05) is 42.6 Å². The van der Waals surface area contributed by atoms with E-state index in [0.717, 1.165) is 47.4 Å². The molecule has 7 nitrogen and oxygen atoms in total. The lowest BCUT2D eigenvalue weighted by molar-refractivity contribution is 0.0596. The molecule has 0 fully saturated rings. The topological polar surface area (TPSA) is 94.9 Å². The van der Waals surface area contributed by atoms with Gasteiger partial charge in [-0.15, -0.1) is 0 Å². The van der Waals surface area contributed by atoms with Crippen LogP contribution in [0, 0.1) is 11.3 Å². The first-order valence-corrected chi connectivity index (χ1v) is 11.4. The molecule has 170 valence electrons. The van der Waals surface area contributed by atoms with Crippen molar-refractivity contribution < 1.29 is 9.53 Å². The van der Waals surface area contributed by atoms with Crippen molar-refractivity contribution in [2.75, 3.05) is 7.11 Å². The van der Waals surface area contributed by atoms with E-state index in [9.17, 15) is 10.1 Å². The van der Waals surface area contributed by atoms with Gasteiger partial charge in [-0.1, -0.05) is 24.3 Å². The van der Waals surface area contributed by atoms with Gasteiger partial charge in [0.25, 0.3) is 0 Å². The standard InChI is InChI=1S/C27H25N5O2/c1-34-27(33)21-14-18(15-28)11-12-20(21)16-32(17-25-30-22-8-2-3-9-23(22)31-25)24-10-4-6-19-7-5-13-29-26(19)24/h2-3,5,7-9,11-14,24H,4,6,10,16-17H2,1H3,(H,30,31). The molecular formula is C27H25N5O2. The lowest BCUT2D eigenvalue weighted by Gasteiger charge is -2.35. The number of aryl methyl sites for hydroxylation is 1. The van der Waals surface area contributed by atoms with E-state index in [0.29, 0.717) is 24.2 Å². The molecule has 2 aromatic carbocycles. The Balaban J connectivity index is 1.55. The molecule has 1 aliphatic rings. The van der Waals surface area contributed by atoms with Gasteiger partial charge in [-0.25, -0.2) is 9.78 Å². The highest BCUT2D eigenvalue weighted by Crippen LogP contribution is 2.35. The third-order valence-corrected chi connectivity index (χ3v) is 6.42. The number of fused-ring (bicyclic) bond motifs is 2. The van der Waals surface area contributed by atoms with Gasteiger partial charge in [0.15, 0.2) is 0 Å². The maximum Gasteiger partial charge on any atom is 0.338 e. The predicted molar refractivity (Wildman–Crippen MR) is 128 cm³/mol. The first-order valence-electron chi connectivity index (χ1n) is 11.4. The number of ether oxygens (including phenoxy) is 1. The summed E-state index contributed by atoms with van der Waals surface area (Å²) in [6.07, 6.45) is 4.89. The normalized spacial score (nSPS) is 15.1. The second-order valence-electron chi connectivity index (χ2n) is 8.54. The van der Waals surface area contributed by atoms with E-state index in [1.165, 1.54) is 12.7 Å². The minimum atomic E-state index is -0.446. The van der Waals surface area contributed by atoms with Crippen molar-refractivity contribution in [1.29, 1.82) is 5.26 Å². The second kappa shape index (κ2) is 9.46. The summed E-state index contributed by atoms with van der Waals surface area (Å²) < 4.78 is 5.02. The summed E-state index contributed by atoms with van der Waals surface area (Å²) in [5.41, 5.74) is 5.91. The summed E-state index contributed by atoms with van der Waals surface area (Å²) in [5.74, 6) is 0.412. The number of nitrogens with zero attached hydrogens (tertiary/aromatic N) is 4. The zero-order valence-electron chi connectivity index (χ0n) is 19.0. The van der Waals surface area contributed by atoms with Gasteiger partial charge in [-0.3, -0.25) is 9.88 Å². The zero-order valence-corrected chi connectivity index (χ0v) is 19.0. The molecule has 1 aliphatic carbocycles. The van der Waals surface area contributed by atoms with E-state index in [1.54, 1.807) is 12.1 Å². The molecule has 0 radical (unpaired) electrons. The number of carbonyl (C=O) groups is 1. The average molecular weight is 452 g/mol. The number of esters is 1. The monoisotopic (exact) mass is 451 g/mol. The number of pyridine rings is 1. The van der Waals surface area contributed by atoms with Crippen molar-refractivity contribution in [2.45, 2.75) is 38.4 Å². The predicted octanol–water partition coefficient (Wildman–Crippen LogP) is 4.70. The van der Waals surface area contributed by atoms with Gasteiger partial charge in [0.1, 0.15) is 5.82 Å². The summed E-state index contributed by atoms with van der Waals surface area (Å²) >= 11 is 0. The number of rotatable bonds is 6. The van der Waals surface area contributed by atoms with Crippen molar-refractivity contribution in [2.24, 2.45) is 0 Å². The van der Waals surface area contributed by atoms with Gasteiger partial charge >= 0.3 is 5.97 Å². The van der Waals surface area contributed by atoms with E-state index in [4.69, 9.17) is 14.7 Å². The quantitative estimate of drug-likeness (QED) is 0.427. The maximum atomic E-state index is 12.6. The molecule has 0 spiro atoms. The fourth-order valence-corrected chi connectivity index (χ4v) is 4.79. The largest absolute Gasteiger partial charge is 0.465 e. The average Bonchev–Trinajstić information content (AvgIpc) is 3.30. The second-order valence-corrected chi connectivity index (χ2v) is 8.54. The fraction of sp³-hybridized carbons (Fsp3) is 0.259. The molecule has 1 atom stereocenters. The summed E-state index contributed by atoms with van der Waals surface area (Å²) in [7, 11) is 1.36. The van der Waals surface area contributed by atoms with E-state index < -0.39 is 5.97 Å². The van der Waals surface area contributed by atoms with E-state index in [-0.39, 0.29) is 6.04 Å². The first kappa shape index (κ1) is 21.8. The molecular weight excluding hydrogens is 426 g/mol. The number of nitrogens with one attached hydrogen (secondary N) is 1. The summed E-state index contributed by atoms with van der Waals surface area (Å²) in [4.78, 5) is 27.8. The van der Waals surface area contributed by atoms with Gasteiger partial charge in [0.05, 0.1) is 53.6 Å². The number of nitriles is 1. The Morgan fingerprint density at radius 1 is 1.21 bits per heavy atom. The van der Waals surface area contributed by atoms with Crippen molar-refractivity contribution in [3.05, 3.63) is 94.6 Å². The minimum Gasteiger partial charge on any atom is -0.465 e. The number of hydrogen-bond donors (Lipinski definition) is 1. The van der Waals surface area contributed by atoms with Crippen LogP contribution < -0.4 is 0 Å². The number of aromatic amines is 1. The van der Waals surface area contributed by atoms with Gasteiger partial charge < -0.3 is 9.72 Å². The molecule has 0 saturated carbocycles. The van der Waals surface area contributed by atoms with Crippen LogP contribution in [0.15, 0.2) is 60.8 Å².